The Labute approximate surface area is 113 Å². The molecule has 0 aromatic carbocycles. The number of carboxylic acids is 1. The lowest BCUT2D eigenvalue weighted by molar-refractivity contribution is -0.138. The molecule has 0 saturated carbocycles. The van der Waals surface area contributed by atoms with Crippen LogP contribution in [0.2, 0.25) is 0 Å². The van der Waals surface area contributed by atoms with E-state index >= 15 is 0 Å². The predicted octanol–water partition coefficient (Wildman–Crippen LogP) is 1.73. The summed E-state index contributed by atoms with van der Waals surface area (Å²) in [4.78, 5) is 26.4. The number of carboxylic acid groups (broad SMARTS) is 1. The molecule has 1 rings (SSSR count). The monoisotopic (exact) mass is 274 g/mol. The summed E-state index contributed by atoms with van der Waals surface area (Å²) in [6.45, 7) is 3.62. The molecule has 1 fully saturated rings. The molecule has 104 valence electrons. The summed E-state index contributed by atoms with van der Waals surface area (Å²) in [6.07, 6.45) is 1.75. The van der Waals surface area contributed by atoms with E-state index in [1.54, 1.807) is 11.9 Å². The number of carbonyl (C=O) groups excluding carboxylic acids is 1. The Morgan fingerprint density at radius 1 is 1.50 bits per heavy atom. The number of thioether (sulfide) groups is 1. The van der Waals surface area contributed by atoms with Gasteiger partial charge in [0.25, 0.3) is 0 Å². The number of nitrogens with zero attached hydrogens (tertiary/aromatic N) is 2. The topological polar surface area (TPSA) is 60.9 Å². The molecular weight excluding hydrogens is 252 g/mol. The Hall–Kier alpha value is -0.910. The zero-order valence-electron chi connectivity index (χ0n) is 11.3. The van der Waals surface area contributed by atoms with E-state index in [-0.39, 0.29) is 24.7 Å². The minimum absolute atomic E-state index is 0.0508. The maximum Gasteiger partial charge on any atom is 0.323 e. The Bertz CT molecular complexity index is 306. The van der Waals surface area contributed by atoms with Crippen molar-refractivity contribution < 1.29 is 14.7 Å². The van der Waals surface area contributed by atoms with Crippen molar-refractivity contribution in [3.05, 3.63) is 0 Å². The van der Waals surface area contributed by atoms with Gasteiger partial charge in [-0.15, -0.1) is 0 Å². The molecule has 6 heteroatoms. The highest BCUT2D eigenvalue weighted by Gasteiger charge is 2.30. The number of urea groups is 1. The highest BCUT2D eigenvalue weighted by Crippen LogP contribution is 2.22. The van der Waals surface area contributed by atoms with E-state index in [2.05, 4.69) is 0 Å². The average molecular weight is 274 g/mol. The van der Waals surface area contributed by atoms with Crippen molar-refractivity contribution in [3.63, 3.8) is 0 Å². The summed E-state index contributed by atoms with van der Waals surface area (Å²) in [5.41, 5.74) is 0. The lowest BCUT2D eigenvalue weighted by Crippen LogP contribution is -2.51. The molecule has 0 bridgehead atoms. The van der Waals surface area contributed by atoms with Gasteiger partial charge in [-0.05, 0) is 25.5 Å². The third-order valence-corrected chi connectivity index (χ3v) is 4.57. The van der Waals surface area contributed by atoms with Crippen LogP contribution in [0, 0.1) is 0 Å². The Morgan fingerprint density at radius 2 is 2.17 bits per heavy atom. The van der Waals surface area contributed by atoms with Gasteiger partial charge in [-0.2, -0.15) is 11.8 Å². The zero-order chi connectivity index (χ0) is 13.7. The maximum absolute atomic E-state index is 12.3. The largest absolute Gasteiger partial charge is 0.480 e. The number of rotatable bonds is 5. The predicted molar refractivity (Wildman–Crippen MR) is 73.0 cm³/mol. The van der Waals surface area contributed by atoms with Gasteiger partial charge in [0.1, 0.15) is 6.54 Å². The molecule has 0 spiro atoms. The molecule has 0 aliphatic carbocycles. The fourth-order valence-electron chi connectivity index (χ4n) is 1.96. The van der Waals surface area contributed by atoms with Crippen LogP contribution < -0.4 is 0 Å². The van der Waals surface area contributed by atoms with Crippen molar-refractivity contribution in [1.29, 1.82) is 0 Å². The number of carbonyl (C=O) groups is 2. The van der Waals surface area contributed by atoms with Crippen LogP contribution in [-0.2, 0) is 4.79 Å². The van der Waals surface area contributed by atoms with Crippen LogP contribution in [0.3, 0.4) is 0 Å². The molecule has 18 heavy (non-hydrogen) atoms. The number of amides is 2. The smallest absolute Gasteiger partial charge is 0.323 e. The normalized spacial score (nSPS) is 20.5. The Morgan fingerprint density at radius 3 is 2.61 bits per heavy atom. The molecule has 1 aliphatic rings. The molecule has 0 aromatic rings. The Kier molecular flexibility index (Phi) is 5.78. The summed E-state index contributed by atoms with van der Waals surface area (Å²) in [6, 6.07) is 0.0206. The number of hydrogen-bond acceptors (Lipinski definition) is 3. The molecule has 0 radical (unpaired) electrons. The van der Waals surface area contributed by atoms with Gasteiger partial charge in [-0.25, -0.2) is 4.79 Å². The highest BCUT2D eigenvalue weighted by atomic mass is 32.2. The van der Waals surface area contributed by atoms with Crippen molar-refractivity contribution in [2.75, 3.05) is 25.1 Å². The van der Waals surface area contributed by atoms with Crippen LogP contribution in [0.5, 0.6) is 0 Å². The van der Waals surface area contributed by atoms with Crippen molar-refractivity contribution >= 4 is 23.8 Å². The minimum atomic E-state index is -0.960. The van der Waals surface area contributed by atoms with Crippen LogP contribution in [0.15, 0.2) is 0 Å². The maximum atomic E-state index is 12.3. The second-order valence-electron chi connectivity index (χ2n) is 4.69. The molecule has 1 heterocycles. The van der Waals surface area contributed by atoms with Gasteiger partial charge in [0.05, 0.1) is 0 Å². The summed E-state index contributed by atoms with van der Waals surface area (Å²) in [5, 5.41) is 8.91. The van der Waals surface area contributed by atoms with E-state index in [0.29, 0.717) is 0 Å². The molecule has 5 nitrogen and oxygen atoms in total. The lowest BCUT2D eigenvalue weighted by atomic mass is 10.2. The fraction of sp³-hybridized carbons (Fsp3) is 0.833. The molecule has 2 atom stereocenters. The van der Waals surface area contributed by atoms with Crippen LogP contribution in [0.25, 0.3) is 0 Å². The summed E-state index contributed by atoms with van der Waals surface area (Å²) in [7, 11) is 1.77. The van der Waals surface area contributed by atoms with Gasteiger partial charge in [0.15, 0.2) is 0 Å². The molecule has 1 aliphatic heterocycles. The second kappa shape index (κ2) is 6.87. The van der Waals surface area contributed by atoms with Crippen molar-refractivity contribution in [1.82, 2.24) is 9.80 Å². The first-order valence-electron chi connectivity index (χ1n) is 6.30. The van der Waals surface area contributed by atoms with E-state index in [0.717, 1.165) is 24.3 Å². The molecule has 1 saturated heterocycles. The van der Waals surface area contributed by atoms with Crippen molar-refractivity contribution in [2.45, 2.75) is 38.8 Å². The van der Waals surface area contributed by atoms with Gasteiger partial charge in [-0.3, -0.25) is 4.79 Å². The van der Waals surface area contributed by atoms with E-state index in [1.807, 2.05) is 25.6 Å². The second-order valence-corrected chi connectivity index (χ2v) is 5.84. The van der Waals surface area contributed by atoms with E-state index < -0.39 is 5.97 Å². The van der Waals surface area contributed by atoms with E-state index in [4.69, 9.17) is 5.11 Å². The first kappa shape index (κ1) is 15.1. The Balaban J connectivity index is 2.70. The molecule has 2 amide bonds. The van der Waals surface area contributed by atoms with Crippen molar-refractivity contribution in [2.24, 2.45) is 0 Å². The molecule has 2 unspecified atom stereocenters. The van der Waals surface area contributed by atoms with Crippen LogP contribution in [0.1, 0.15) is 26.7 Å². The van der Waals surface area contributed by atoms with Gasteiger partial charge in [0.2, 0.25) is 0 Å². The van der Waals surface area contributed by atoms with E-state index in [1.165, 1.54) is 4.90 Å². The summed E-state index contributed by atoms with van der Waals surface area (Å²) in [5.74, 6) is 1.06. The fourth-order valence-corrected chi connectivity index (χ4v) is 3.23. The standard InChI is InChI=1S/C12H22N2O3S/c1-4-9(2)14(7-11(15)16)12(17)13(3)10-5-6-18-8-10/h9-10H,4-8H2,1-3H3,(H,15,16). The van der Waals surface area contributed by atoms with Crippen molar-refractivity contribution in [3.8, 4) is 0 Å². The van der Waals surface area contributed by atoms with Gasteiger partial charge >= 0.3 is 12.0 Å². The molecule has 0 aromatic heterocycles. The highest BCUT2D eigenvalue weighted by molar-refractivity contribution is 7.99. The summed E-state index contributed by atoms with van der Waals surface area (Å²) >= 11 is 1.84. The summed E-state index contributed by atoms with van der Waals surface area (Å²) < 4.78 is 0. The zero-order valence-corrected chi connectivity index (χ0v) is 12.1. The number of hydrogen-bond donors (Lipinski definition) is 1. The third kappa shape index (κ3) is 3.80. The quantitative estimate of drug-likeness (QED) is 0.829. The SMILES string of the molecule is CCC(C)N(CC(=O)O)C(=O)N(C)C1CCSC1. The van der Waals surface area contributed by atoms with Crippen LogP contribution in [-0.4, -0.2) is 64.1 Å². The first-order valence-corrected chi connectivity index (χ1v) is 7.45. The lowest BCUT2D eigenvalue weighted by Gasteiger charge is -2.34. The minimum Gasteiger partial charge on any atom is -0.480 e. The van der Waals surface area contributed by atoms with Gasteiger partial charge in [-0.1, -0.05) is 6.92 Å². The van der Waals surface area contributed by atoms with Crippen LogP contribution in [0.4, 0.5) is 4.79 Å². The van der Waals surface area contributed by atoms with Gasteiger partial charge in [0, 0.05) is 24.9 Å². The first-order chi connectivity index (χ1) is 8.47. The average Bonchev–Trinajstić information content (AvgIpc) is 2.86. The van der Waals surface area contributed by atoms with Gasteiger partial charge < -0.3 is 14.9 Å². The third-order valence-electron chi connectivity index (χ3n) is 3.43. The number of aliphatic carboxylic acids is 1. The van der Waals surface area contributed by atoms with Crippen LogP contribution >= 0.6 is 11.8 Å². The van der Waals surface area contributed by atoms with E-state index in [9.17, 15) is 9.59 Å². The molecular formula is C12H22N2O3S. The molecule has 1 N–H and O–H groups in total.